The van der Waals surface area contributed by atoms with Crippen LogP contribution >= 0.6 is 0 Å². The van der Waals surface area contributed by atoms with Crippen molar-refractivity contribution in [2.45, 2.75) is 31.2 Å². The zero-order valence-electron chi connectivity index (χ0n) is 19.9. The first-order chi connectivity index (χ1) is 17.9. The number of anilines is 1. The van der Waals surface area contributed by atoms with Gasteiger partial charge < -0.3 is 19.7 Å². The number of carbonyl (C=O) groups is 1. The number of nitrogens with one attached hydrogen (secondary N) is 1. The maximum atomic E-state index is 14.1. The number of rotatable bonds is 4. The molecule has 1 fully saturated rings. The van der Waals surface area contributed by atoms with Crippen LogP contribution in [0.3, 0.4) is 0 Å². The van der Waals surface area contributed by atoms with Crippen molar-refractivity contribution in [1.82, 2.24) is 19.6 Å². The minimum atomic E-state index is -4.53. The smallest absolute Gasteiger partial charge is 0.410 e. The molecule has 0 bridgehead atoms. The Hall–Kier alpha value is -3.73. The zero-order valence-corrected chi connectivity index (χ0v) is 19.9. The Morgan fingerprint density at radius 1 is 1.03 bits per heavy atom. The Morgan fingerprint density at radius 2 is 1.78 bits per heavy atom. The second-order valence-electron chi connectivity index (χ2n) is 9.51. The van der Waals surface area contributed by atoms with E-state index in [2.05, 4.69) is 27.4 Å². The number of benzene rings is 2. The normalized spacial score (nSPS) is 21.4. The molecule has 194 valence electrons. The molecule has 6 rings (SSSR count). The highest BCUT2D eigenvalue weighted by Gasteiger charge is 2.47. The maximum Gasteiger partial charge on any atom is 0.410 e. The number of fused-ring (bicyclic) bond motifs is 2. The number of nitrogens with zero attached hydrogens (tertiary/aromatic N) is 4. The number of ether oxygens (including phenoxy) is 2. The molecule has 3 aliphatic rings. The zero-order chi connectivity index (χ0) is 25.6. The van der Waals surface area contributed by atoms with Crippen molar-refractivity contribution >= 4 is 11.7 Å². The monoisotopic (exact) mass is 513 g/mol. The Kier molecular flexibility index (Phi) is 5.94. The lowest BCUT2D eigenvalue weighted by atomic mass is 9.96. The SMILES string of the molecule is O=C(c1cnn2c1N[C@H](c1ccc3c(c1)OCO3)C[C@H]2C(F)(F)F)N1CCN(Cc2ccccc2)CC1. The van der Waals surface area contributed by atoms with E-state index in [0.29, 0.717) is 43.2 Å². The maximum absolute atomic E-state index is 14.1. The first kappa shape index (κ1) is 23.7. The second-order valence-corrected chi connectivity index (χ2v) is 9.51. The van der Waals surface area contributed by atoms with Crippen molar-refractivity contribution in [2.24, 2.45) is 0 Å². The molecule has 8 nitrogen and oxygen atoms in total. The van der Waals surface area contributed by atoms with Gasteiger partial charge in [0, 0.05) is 39.1 Å². The summed E-state index contributed by atoms with van der Waals surface area (Å²) in [6, 6.07) is 12.7. The number of alkyl halides is 3. The number of hydrogen-bond donors (Lipinski definition) is 1. The van der Waals surface area contributed by atoms with E-state index in [4.69, 9.17) is 9.47 Å². The van der Waals surface area contributed by atoms with Crippen molar-refractivity contribution in [2.75, 3.05) is 38.3 Å². The fourth-order valence-electron chi connectivity index (χ4n) is 5.19. The summed E-state index contributed by atoms with van der Waals surface area (Å²) in [4.78, 5) is 17.4. The number of halogens is 3. The number of amides is 1. The number of carbonyl (C=O) groups excluding carboxylic acids is 1. The first-order valence-electron chi connectivity index (χ1n) is 12.2. The molecule has 3 aromatic rings. The molecule has 1 aromatic heterocycles. The summed E-state index contributed by atoms with van der Waals surface area (Å²) >= 11 is 0. The molecular weight excluding hydrogens is 487 g/mol. The van der Waals surface area contributed by atoms with Gasteiger partial charge in [0.15, 0.2) is 17.5 Å². The van der Waals surface area contributed by atoms with Gasteiger partial charge in [0.25, 0.3) is 5.91 Å². The minimum Gasteiger partial charge on any atom is -0.454 e. The average Bonchev–Trinajstić information content (AvgIpc) is 3.55. The van der Waals surface area contributed by atoms with E-state index >= 15 is 0 Å². The van der Waals surface area contributed by atoms with Crippen molar-refractivity contribution in [3.8, 4) is 11.5 Å². The molecule has 0 radical (unpaired) electrons. The standard InChI is InChI=1S/C26H26F3N5O3/c27-26(28,29)23-13-20(18-6-7-21-22(12-18)37-16-36-21)31-24-19(14-30-34(23)24)25(35)33-10-8-32(9-11-33)15-17-4-2-1-3-5-17/h1-7,12,14,20,23,31H,8-11,13,15-16H2/t20-,23-/m0/s1. The van der Waals surface area contributed by atoms with Crippen molar-refractivity contribution in [1.29, 1.82) is 0 Å². The van der Waals surface area contributed by atoms with Crippen molar-refractivity contribution in [3.63, 3.8) is 0 Å². The van der Waals surface area contributed by atoms with Gasteiger partial charge in [0.2, 0.25) is 6.79 Å². The van der Waals surface area contributed by atoms with Gasteiger partial charge in [-0.15, -0.1) is 0 Å². The second kappa shape index (κ2) is 9.29. The lowest BCUT2D eigenvalue weighted by molar-refractivity contribution is -0.173. The van der Waals surface area contributed by atoms with Gasteiger partial charge in [-0.05, 0) is 23.3 Å². The molecule has 0 unspecified atom stereocenters. The summed E-state index contributed by atoms with van der Waals surface area (Å²) in [5.74, 6) is 0.819. The third-order valence-electron chi connectivity index (χ3n) is 7.18. The van der Waals surface area contributed by atoms with Gasteiger partial charge in [0.05, 0.1) is 12.2 Å². The Labute approximate surface area is 211 Å². The fourth-order valence-corrected chi connectivity index (χ4v) is 5.19. The van der Waals surface area contributed by atoms with E-state index < -0.39 is 18.3 Å². The highest BCUT2D eigenvalue weighted by Crippen LogP contribution is 2.46. The van der Waals surface area contributed by atoms with E-state index in [9.17, 15) is 18.0 Å². The molecule has 1 amide bonds. The van der Waals surface area contributed by atoms with Crippen LogP contribution < -0.4 is 14.8 Å². The molecule has 11 heteroatoms. The molecular formula is C26H26F3N5O3. The van der Waals surface area contributed by atoms with Crippen LogP contribution in [0.15, 0.2) is 54.7 Å². The number of hydrogen-bond acceptors (Lipinski definition) is 6. The lowest BCUT2D eigenvalue weighted by Crippen LogP contribution is -2.48. The predicted octanol–water partition coefficient (Wildman–Crippen LogP) is 4.23. The summed E-state index contributed by atoms with van der Waals surface area (Å²) < 4.78 is 53.9. The van der Waals surface area contributed by atoms with E-state index in [-0.39, 0.29) is 30.5 Å². The summed E-state index contributed by atoms with van der Waals surface area (Å²) in [5, 5.41) is 7.17. The molecule has 0 aliphatic carbocycles. The average molecular weight is 514 g/mol. The fraction of sp³-hybridized carbons (Fsp3) is 0.385. The summed E-state index contributed by atoms with van der Waals surface area (Å²) in [6.45, 7) is 3.21. The van der Waals surface area contributed by atoms with Crippen LogP contribution in [0.2, 0.25) is 0 Å². The number of piperazine rings is 1. The predicted molar refractivity (Wildman–Crippen MR) is 128 cm³/mol. The molecule has 1 saturated heterocycles. The third-order valence-corrected chi connectivity index (χ3v) is 7.18. The molecule has 4 heterocycles. The van der Waals surface area contributed by atoms with Crippen LogP contribution in [0.5, 0.6) is 11.5 Å². The molecule has 2 atom stereocenters. The highest BCUT2D eigenvalue weighted by atomic mass is 19.4. The summed E-state index contributed by atoms with van der Waals surface area (Å²) in [5.41, 5.74) is 1.97. The van der Waals surface area contributed by atoms with Crippen molar-refractivity contribution < 1.29 is 27.4 Å². The van der Waals surface area contributed by atoms with Gasteiger partial charge >= 0.3 is 6.18 Å². The highest BCUT2D eigenvalue weighted by molar-refractivity contribution is 5.99. The van der Waals surface area contributed by atoms with Gasteiger partial charge in [0.1, 0.15) is 11.4 Å². The van der Waals surface area contributed by atoms with Crippen molar-refractivity contribution in [3.05, 3.63) is 71.4 Å². The third kappa shape index (κ3) is 4.59. The van der Waals surface area contributed by atoms with E-state index in [0.717, 1.165) is 11.2 Å². The lowest BCUT2D eigenvalue weighted by Gasteiger charge is -2.36. The van der Waals surface area contributed by atoms with Crippen LogP contribution in [0.1, 0.15) is 40.0 Å². The van der Waals surface area contributed by atoms with Crippen LogP contribution in [0, 0.1) is 0 Å². The Bertz CT molecular complexity index is 1290. The molecule has 1 N–H and O–H groups in total. The summed E-state index contributed by atoms with van der Waals surface area (Å²) in [7, 11) is 0. The van der Waals surface area contributed by atoms with E-state index in [1.54, 1.807) is 23.1 Å². The van der Waals surface area contributed by atoms with Crippen LogP contribution in [-0.4, -0.2) is 64.6 Å². The van der Waals surface area contributed by atoms with Gasteiger partial charge in [-0.25, -0.2) is 4.68 Å². The Balaban J connectivity index is 1.21. The van der Waals surface area contributed by atoms with Gasteiger partial charge in [-0.2, -0.15) is 18.3 Å². The Morgan fingerprint density at radius 3 is 2.54 bits per heavy atom. The largest absolute Gasteiger partial charge is 0.454 e. The van der Waals surface area contributed by atoms with E-state index in [1.807, 2.05) is 18.2 Å². The van der Waals surface area contributed by atoms with Crippen LogP contribution in [0.4, 0.5) is 19.0 Å². The molecule has 37 heavy (non-hydrogen) atoms. The van der Waals surface area contributed by atoms with Gasteiger partial charge in [-0.1, -0.05) is 36.4 Å². The molecule has 2 aromatic carbocycles. The minimum absolute atomic E-state index is 0.0755. The van der Waals surface area contributed by atoms with Crippen LogP contribution in [-0.2, 0) is 6.54 Å². The topological polar surface area (TPSA) is 71.9 Å². The number of aromatic nitrogens is 2. The van der Waals surface area contributed by atoms with E-state index in [1.165, 1.54) is 11.8 Å². The molecule has 0 saturated carbocycles. The first-order valence-corrected chi connectivity index (χ1v) is 12.2. The molecule has 0 spiro atoms. The molecule has 3 aliphatic heterocycles. The quantitative estimate of drug-likeness (QED) is 0.563. The van der Waals surface area contributed by atoms with Gasteiger partial charge in [-0.3, -0.25) is 9.69 Å². The van der Waals surface area contributed by atoms with Crippen LogP contribution in [0.25, 0.3) is 0 Å². The summed E-state index contributed by atoms with van der Waals surface area (Å²) in [6.07, 6.45) is -3.54.